The molecule has 1 fully saturated rings. The number of phenolic OH excluding ortho intramolecular Hbond substituents is 1. The predicted octanol–water partition coefficient (Wildman–Crippen LogP) is 4.56. The molecular formula is C20H17BrN2O5S2. The maximum atomic E-state index is 12.7. The smallest absolute Gasteiger partial charge is 0.294 e. The zero-order valence-corrected chi connectivity index (χ0v) is 19.2. The molecule has 0 atom stereocenters. The van der Waals surface area contributed by atoms with Crippen LogP contribution < -0.4 is 10.1 Å². The summed E-state index contributed by atoms with van der Waals surface area (Å²) in [6.07, 6.45) is 3.44. The molecule has 1 aliphatic heterocycles. The summed E-state index contributed by atoms with van der Waals surface area (Å²) >= 11 is 5.51. The third-order valence-corrected chi connectivity index (χ3v) is 6.33. The van der Waals surface area contributed by atoms with E-state index in [9.17, 15) is 19.5 Å². The molecule has 0 saturated carbocycles. The Morgan fingerprint density at radius 2 is 2.10 bits per heavy atom. The number of rotatable bonds is 6. The summed E-state index contributed by atoms with van der Waals surface area (Å²) in [6, 6.07) is 10.4. The minimum atomic E-state index is -0.554. The molecule has 0 radical (unpaired) electrons. The zero-order valence-electron chi connectivity index (χ0n) is 16.0. The number of halogens is 1. The van der Waals surface area contributed by atoms with Gasteiger partial charge in [0.2, 0.25) is 5.91 Å². The van der Waals surface area contributed by atoms with Crippen molar-refractivity contribution in [2.75, 3.05) is 25.2 Å². The summed E-state index contributed by atoms with van der Waals surface area (Å²) in [7, 11) is 1.41. The Kier molecular flexibility index (Phi) is 7.11. The number of nitrogens with zero attached hydrogens (tertiary/aromatic N) is 1. The summed E-state index contributed by atoms with van der Waals surface area (Å²) in [6.45, 7) is -0.381. The normalized spacial score (nSPS) is 15.0. The number of benzene rings is 2. The van der Waals surface area contributed by atoms with Gasteiger partial charge in [0.25, 0.3) is 11.1 Å². The van der Waals surface area contributed by atoms with E-state index in [1.54, 1.807) is 30.0 Å². The number of carbonyl (C=O) groups excluding carboxylic acids is 3. The monoisotopic (exact) mass is 508 g/mol. The van der Waals surface area contributed by atoms with Crippen LogP contribution in [0.25, 0.3) is 6.08 Å². The van der Waals surface area contributed by atoms with Crippen molar-refractivity contribution in [3.63, 3.8) is 0 Å². The fraction of sp³-hybridized carbons (Fsp3) is 0.150. The third-order valence-electron chi connectivity index (χ3n) is 4.10. The summed E-state index contributed by atoms with van der Waals surface area (Å²) in [5.74, 6) is -0.862. The molecule has 2 N–H and O–H groups in total. The van der Waals surface area contributed by atoms with Gasteiger partial charge in [0, 0.05) is 10.6 Å². The Morgan fingerprint density at radius 3 is 2.80 bits per heavy atom. The van der Waals surface area contributed by atoms with Crippen LogP contribution in [-0.2, 0) is 9.59 Å². The number of imide groups is 1. The van der Waals surface area contributed by atoms with Gasteiger partial charge < -0.3 is 15.2 Å². The van der Waals surface area contributed by atoms with Gasteiger partial charge in [-0.1, -0.05) is 6.07 Å². The largest absolute Gasteiger partial charge is 0.503 e. The standard InChI is InChI=1S/C20H17BrN2O5S2/c1-28-15-7-11(6-14(21)18(15)25)8-16-19(26)23(20(27)30-16)10-17(24)22-12-4-3-5-13(9-12)29-2/h3-9,25H,10H2,1-2H3,(H,22,24)/b16-8+. The van der Waals surface area contributed by atoms with Gasteiger partial charge in [-0.25, -0.2) is 0 Å². The Balaban J connectivity index is 1.73. The zero-order chi connectivity index (χ0) is 21.8. The molecule has 1 heterocycles. The molecule has 1 aliphatic rings. The molecule has 0 aliphatic carbocycles. The molecule has 10 heteroatoms. The highest BCUT2D eigenvalue weighted by Crippen LogP contribution is 2.38. The van der Waals surface area contributed by atoms with E-state index >= 15 is 0 Å². The van der Waals surface area contributed by atoms with Crippen molar-refractivity contribution in [1.82, 2.24) is 4.90 Å². The van der Waals surface area contributed by atoms with Gasteiger partial charge >= 0.3 is 0 Å². The molecule has 0 aromatic heterocycles. The first-order chi connectivity index (χ1) is 14.3. The SMILES string of the molecule is COc1cc(/C=C2/SC(=O)N(CC(=O)Nc3cccc(SC)c3)C2=O)cc(Br)c1O. The molecule has 156 valence electrons. The molecule has 1 saturated heterocycles. The first-order valence-electron chi connectivity index (χ1n) is 8.58. The van der Waals surface area contributed by atoms with Crippen molar-refractivity contribution in [2.45, 2.75) is 4.90 Å². The topological polar surface area (TPSA) is 95.9 Å². The van der Waals surface area contributed by atoms with Crippen molar-refractivity contribution in [2.24, 2.45) is 0 Å². The van der Waals surface area contributed by atoms with Crippen molar-refractivity contribution < 1.29 is 24.2 Å². The molecule has 0 bridgehead atoms. The summed E-state index contributed by atoms with van der Waals surface area (Å²) in [5, 5.41) is 12.1. The lowest BCUT2D eigenvalue weighted by Crippen LogP contribution is -2.36. The van der Waals surface area contributed by atoms with Crippen LogP contribution in [-0.4, -0.2) is 47.0 Å². The molecule has 7 nitrogen and oxygen atoms in total. The Bertz CT molecular complexity index is 1060. The molecular weight excluding hydrogens is 492 g/mol. The van der Waals surface area contributed by atoms with Gasteiger partial charge in [-0.15, -0.1) is 11.8 Å². The minimum absolute atomic E-state index is 0.0648. The number of amides is 3. The van der Waals surface area contributed by atoms with Crippen LogP contribution in [0, 0.1) is 0 Å². The van der Waals surface area contributed by atoms with E-state index in [-0.39, 0.29) is 22.9 Å². The van der Waals surface area contributed by atoms with E-state index in [2.05, 4.69) is 21.2 Å². The lowest BCUT2D eigenvalue weighted by Gasteiger charge is -2.13. The van der Waals surface area contributed by atoms with Crippen LogP contribution >= 0.6 is 39.5 Å². The Labute approximate surface area is 190 Å². The number of aromatic hydroxyl groups is 1. The van der Waals surface area contributed by atoms with Gasteiger partial charge in [0.1, 0.15) is 6.54 Å². The van der Waals surface area contributed by atoms with Crippen LogP contribution in [0.15, 0.2) is 50.7 Å². The third kappa shape index (κ3) is 5.00. The first kappa shape index (κ1) is 22.3. The number of thioether (sulfide) groups is 2. The van der Waals surface area contributed by atoms with Crippen LogP contribution in [0.4, 0.5) is 10.5 Å². The van der Waals surface area contributed by atoms with Crippen molar-refractivity contribution >= 4 is 68.3 Å². The van der Waals surface area contributed by atoms with E-state index in [0.29, 0.717) is 15.7 Å². The molecule has 30 heavy (non-hydrogen) atoms. The van der Waals surface area contributed by atoms with E-state index in [1.165, 1.54) is 13.2 Å². The van der Waals surface area contributed by atoms with Gasteiger partial charge in [0.05, 0.1) is 16.5 Å². The molecule has 3 rings (SSSR count). The number of ether oxygens (including phenoxy) is 1. The summed E-state index contributed by atoms with van der Waals surface area (Å²) < 4.78 is 5.48. The highest BCUT2D eigenvalue weighted by atomic mass is 79.9. The van der Waals surface area contributed by atoms with Gasteiger partial charge in [0.15, 0.2) is 11.5 Å². The number of anilines is 1. The van der Waals surface area contributed by atoms with E-state index in [4.69, 9.17) is 4.74 Å². The number of hydrogen-bond acceptors (Lipinski definition) is 7. The van der Waals surface area contributed by atoms with Crippen molar-refractivity contribution in [1.29, 1.82) is 0 Å². The first-order valence-corrected chi connectivity index (χ1v) is 11.4. The predicted molar refractivity (Wildman–Crippen MR) is 122 cm³/mol. The van der Waals surface area contributed by atoms with Crippen molar-refractivity contribution in [3.8, 4) is 11.5 Å². The van der Waals surface area contributed by atoms with E-state index in [1.807, 2.05) is 24.5 Å². The lowest BCUT2D eigenvalue weighted by molar-refractivity contribution is -0.127. The minimum Gasteiger partial charge on any atom is -0.503 e. The Hall–Kier alpha value is -2.43. The van der Waals surface area contributed by atoms with Gasteiger partial charge in [-0.05, 0) is 75.9 Å². The number of nitrogens with one attached hydrogen (secondary N) is 1. The van der Waals surface area contributed by atoms with Crippen LogP contribution in [0.1, 0.15) is 5.56 Å². The molecule has 2 aromatic carbocycles. The average molecular weight is 509 g/mol. The van der Waals surface area contributed by atoms with Crippen LogP contribution in [0.2, 0.25) is 0 Å². The average Bonchev–Trinajstić information content (AvgIpc) is 2.97. The molecule has 0 spiro atoms. The second-order valence-electron chi connectivity index (χ2n) is 6.10. The lowest BCUT2D eigenvalue weighted by atomic mass is 10.2. The number of phenols is 1. The van der Waals surface area contributed by atoms with Crippen LogP contribution in [0.5, 0.6) is 11.5 Å². The molecule has 2 aromatic rings. The molecule has 3 amide bonds. The molecule has 0 unspecified atom stereocenters. The van der Waals surface area contributed by atoms with Gasteiger partial charge in [-0.2, -0.15) is 0 Å². The van der Waals surface area contributed by atoms with Crippen LogP contribution in [0.3, 0.4) is 0 Å². The Morgan fingerprint density at radius 1 is 1.33 bits per heavy atom. The quantitative estimate of drug-likeness (QED) is 0.436. The number of carbonyl (C=O) groups is 3. The van der Waals surface area contributed by atoms with E-state index in [0.717, 1.165) is 21.6 Å². The van der Waals surface area contributed by atoms with Gasteiger partial charge in [-0.3, -0.25) is 19.3 Å². The highest BCUT2D eigenvalue weighted by Gasteiger charge is 2.36. The number of methoxy groups -OCH3 is 1. The summed E-state index contributed by atoms with van der Waals surface area (Å²) in [5.41, 5.74) is 1.15. The number of hydrogen-bond donors (Lipinski definition) is 2. The maximum Gasteiger partial charge on any atom is 0.294 e. The summed E-state index contributed by atoms with van der Waals surface area (Å²) in [4.78, 5) is 39.4. The van der Waals surface area contributed by atoms with E-state index < -0.39 is 17.1 Å². The maximum absolute atomic E-state index is 12.7. The fourth-order valence-corrected chi connectivity index (χ4v) is 4.42. The second-order valence-corrected chi connectivity index (χ2v) is 8.83. The fourth-order valence-electron chi connectivity index (χ4n) is 2.67. The van der Waals surface area contributed by atoms with Crippen molar-refractivity contribution in [3.05, 3.63) is 51.3 Å². The highest BCUT2D eigenvalue weighted by molar-refractivity contribution is 9.10. The second kappa shape index (κ2) is 9.59.